The van der Waals surface area contributed by atoms with Crippen LogP contribution in [0, 0.1) is 12.3 Å². The number of hydrogen-bond donors (Lipinski definition) is 4. The van der Waals surface area contributed by atoms with E-state index >= 15 is 0 Å². The third kappa shape index (κ3) is 3.03. The van der Waals surface area contributed by atoms with Gasteiger partial charge in [-0.05, 0) is 32.1 Å². The van der Waals surface area contributed by atoms with Crippen molar-refractivity contribution in [2.45, 2.75) is 19.9 Å². The summed E-state index contributed by atoms with van der Waals surface area (Å²) in [5.41, 5.74) is 3.43. The second kappa shape index (κ2) is 6.01. The molecule has 1 amide bonds. The van der Waals surface area contributed by atoms with Gasteiger partial charge in [-0.15, -0.1) is 0 Å². The molecule has 4 N–H and O–H groups in total. The van der Waals surface area contributed by atoms with Gasteiger partial charge < -0.3 is 21.4 Å². The first-order valence-electron chi connectivity index (χ1n) is 6.26. The summed E-state index contributed by atoms with van der Waals surface area (Å²) >= 11 is 0. The molecule has 0 fully saturated rings. The lowest BCUT2D eigenvalue weighted by Crippen LogP contribution is -2.39. The Hall–Kier alpha value is -2.63. The van der Waals surface area contributed by atoms with E-state index in [1.165, 1.54) is 6.21 Å². The van der Waals surface area contributed by atoms with Crippen LogP contribution in [-0.2, 0) is 4.79 Å². The predicted molar refractivity (Wildman–Crippen MR) is 78.3 cm³/mol. The average molecular weight is 271 g/mol. The second-order valence-electron chi connectivity index (χ2n) is 4.51. The molecule has 1 atom stereocenters. The number of hydrogen-bond acceptors (Lipinski definition) is 5. The molecule has 1 unspecified atom stereocenters. The van der Waals surface area contributed by atoms with Crippen molar-refractivity contribution in [3.63, 3.8) is 0 Å². The molecule has 2 rings (SSSR count). The molecule has 1 aromatic heterocycles. The highest BCUT2D eigenvalue weighted by molar-refractivity contribution is 5.83. The van der Waals surface area contributed by atoms with Gasteiger partial charge in [-0.3, -0.25) is 9.78 Å². The number of anilines is 1. The number of carbonyl (C=O) groups excluding carboxylic acids is 1. The van der Waals surface area contributed by atoms with E-state index in [1.54, 1.807) is 12.3 Å². The van der Waals surface area contributed by atoms with Gasteiger partial charge in [0.2, 0.25) is 6.41 Å². The number of pyridine rings is 1. The largest absolute Gasteiger partial charge is 0.364 e. The monoisotopic (exact) mass is 271 g/mol. The minimum absolute atomic E-state index is 0.0486. The van der Waals surface area contributed by atoms with Crippen LogP contribution in [0.4, 0.5) is 5.69 Å². The summed E-state index contributed by atoms with van der Waals surface area (Å²) in [7, 11) is 0. The maximum Gasteiger partial charge on any atom is 0.212 e. The number of carbonyl (C=O) groups is 1. The quantitative estimate of drug-likeness (QED) is 0.480. The topological polar surface area (TPSA) is 89.9 Å². The van der Waals surface area contributed by atoms with E-state index in [1.807, 2.05) is 26.0 Å². The summed E-state index contributed by atoms with van der Waals surface area (Å²) in [6.07, 6.45) is 5.33. The van der Waals surface area contributed by atoms with Crippen LogP contribution < -0.4 is 16.0 Å². The number of dihydropyridines is 1. The Labute approximate surface area is 117 Å². The van der Waals surface area contributed by atoms with Gasteiger partial charge in [-0.25, -0.2) is 0 Å². The Bertz CT molecular complexity index is 591. The van der Waals surface area contributed by atoms with Crippen molar-refractivity contribution in [1.82, 2.24) is 15.6 Å². The van der Waals surface area contributed by atoms with E-state index in [0.29, 0.717) is 12.2 Å². The highest BCUT2D eigenvalue weighted by atomic mass is 16.1. The van der Waals surface area contributed by atoms with Gasteiger partial charge in [0.1, 0.15) is 5.82 Å². The summed E-state index contributed by atoms with van der Waals surface area (Å²) in [5, 5.41) is 16.5. The van der Waals surface area contributed by atoms with Crippen molar-refractivity contribution < 1.29 is 4.79 Å². The van der Waals surface area contributed by atoms with Gasteiger partial charge in [-0.2, -0.15) is 0 Å². The molecule has 0 aromatic carbocycles. The number of rotatable bonds is 5. The molecule has 104 valence electrons. The summed E-state index contributed by atoms with van der Waals surface area (Å²) in [6, 6.07) is 3.76. The highest BCUT2D eigenvalue weighted by Crippen LogP contribution is 2.19. The lowest BCUT2D eigenvalue weighted by atomic mass is 10.0. The molecule has 1 aromatic rings. The first kappa shape index (κ1) is 13.8. The van der Waals surface area contributed by atoms with Crippen molar-refractivity contribution in [2.75, 3.05) is 5.32 Å². The number of aromatic nitrogens is 1. The van der Waals surface area contributed by atoms with E-state index in [0.717, 1.165) is 22.7 Å². The Morgan fingerprint density at radius 2 is 2.30 bits per heavy atom. The van der Waals surface area contributed by atoms with E-state index < -0.39 is 0 Å². The minimum Gasteiger partial charge on any atom is -0.364 e. The number of aryl methyl sites for hydroxylation is 1. The van der Waals surface area contributed by atoms with Gasteiger partial charge in [-0.1, -0.05) is 0 Å². The second-order valence-corrected chi connectivity index (χ2v) is 4.51. The highest BCUT2D eigenvalue weighted by Gasteiger charge is 2.18. The third-order valence-corrected chi connectivity index (χ3v) is 2.96. The van der Waals surface area contributed by atoms with Crippen LogP contribution in [0.3, 0.4) is 0 Å². The van der Waals surface area contributed by atoms with E-state index in [9.17, 15) is 4.79 Å². The molecule has 2 heterocycles. The standard InChI is InChI=1S/C14H17N5O/c1-9-5-12(3-4-16-9)19-14-10(2)18-13(17-8-20)6-11(14)7-15/h3-8,10,15,18H,1-2H3,(H,16,19)(H,17,20). The molecule has 0 saturated carbocycles. The third-order valence-electron chi connectivity index (χ3n) is 2.96. The smallest absolute Gasteiger partial charge is 0.212 e. The van der Waals surface area contributed by atoms with Gasteiger partial charge >= 0.3 is 0 Å². The predicted octanol–water partition coefficient (Wildman–Crippen LogP) is 1.28. The molecule has 20 heavy (non-hydrogen) atoms. The molecule has 0 saturated heterocycles. The summed E-state index contributed by atoms with van der Waals surface area (Å²) in [4.78, 5) is 14.6. The minimum atomic E-state index is -0.0486. The SMILES string of the molecule is Cc1cc(NC2=C(C=N)C=C(NC=O)NC2C)ccn1. The van der Waals surface area contributed by atoms with Gasteiger partial charge in [0.25, 0.3) is 0 Å². The molecule has 0 spiro atoms. The zero-order chi connectivity index (χ0) is 14.5. The van der Waals surface area contributed by atoms with Crippen LogP contribution in [-0.4, -0.2) is 23.7 Å². The Morgan fingerprint density at radius 3 is 2.95 bits per heavy atom. The lowest BCUT2D eigenvalue weighted by Gasteiger charge is -2.27. The van der Waals surface area contributed by atoms with E-state index in [-0.39, 0.29) is 6.04 Å². The first-order valence-corrected chi connectivity index (χ1v) is 6.26. The van der Waals surface area contributed by atoms with Gasteiger partial charge in [0.05, 0.1) is 6.04 Å². The van der Waals surface area contributed by atoms with Crippen LogP contribution >= 0.6 is 0 Å². The summed E-state index contributed by atoms with van der Waals surface area (Å²) in [5.74, 6) is 0.586. The molecular formula is C14H17N5O. The van der Waals surface area contributed by atoms with E-state index in [4.69, 9.17) is 5.41 Å². The molecular weight excluding hydrogens is 254 g/mol. The number of nitrogens with zero attached hydrogens (tertiary/aromatic N) is 1. The molecule has 1 aliphatic heterocycles. The molecule has 6 heteroatoms. The number of amides is 1. The molecule has 0 bridgehead atoms. The molecule has 0 aliphatic carbocycles. The zero-order valence-corrected chi connectivity index (χ0v) is 11.4. The maximum atomic E-state index is 10.5. The molecule has 6 nitrogen and oxygen atoms in total. The fourth-order valence-electron chi connectivity index (χ4n) is 2.06. The van der Waals surface area contributed by atoms with Gasteiger partial charge in [0.15, 0.2) is 0 Å². The van der Waals surface area contributed by atoms with Crippen molar-refractivity contribution in [3.05, 3.63) is 47.2 Å². The molecule has 0 radical (unpaired) electrons. The Morgan fingerprint density at radius 1 is 1.50 bits per heavy atom. The van der Waals surface area contributed by atoms with Crippen molar-refractivity contribution in [3.8, 4) is 0 Å². The Kier molecular flexibility index (Phi) is 4.14. The van der Waals surface area contributed by atoms with Crippen LogP contribution in [0.2, 0.25) is 0 Å². The number of nitrogens with one attached hydrogen (secondary N) is 4. The molecule has 1 aliphatic rings. The van der Waals surface area contributed by atoms with Crippen LogP contribution in [0.25, 0.3) is 0 Å². The lowest BCUT2D eigenvalue weighted by molar-refractivity contribution is -0.109. The van der Waals surface area contributed by atoms with Crippen LogP contribution in [0.5, 0.6) is 0 Å². The van der Waals surface area contributed by atoms with Crippen LogP contribution in [0.15, 0.2) is 41.5 Å². The van der Waals surface area contributed by atoms with Crippen molar-refractivity contribution in [2.24, 2.45) is 0 Å². The summed E-state index contributed by atoms with van der Waals surface area (Å²) in [6.45, 7) is 3.88. The first-order chi connectivity index (χ1) is 9.63. The maximum absolute atomic E-state index is 10.5. The van der Waals surface area contributed by atoms with E-state index in [2.05, 4.69) is 20.9 Å². The Balaban J connectivity index is 2.31. The fraction of sp³-hybridized carbons (Fsp3) is 0.214. The summed E-state index contributed by atoms with van der Waals surface area (Å²) < 4.78 is 0. The number of allylic oxidation sites excluding steroid dienone is 2. The van der Waals surface area contributed by atoms with Gasteiger partial charge in [0, 0.05) is 35.1 Å². The van der Waals surface area contributed by atoms with Crippen molar-refractivity contribution >= 4 is 18.3 Å². The fourth-order valence-corrected chi connectivity index (χ4v) is 2.06. The normalized spacial score (nSPS) is 17.9. The van der Waals surface area contributed by atoms with Crippen LogP contribution in [0.1, 0.15) is 12.6 Å². The van der Waals surface area contributed by atoms with Crippen molar-refractivity contribution in [1.29, 1.82) is 5.41 Å². The zero-order valence-electron chi connectivity index (χ0n) is 11.4. The average Bonchev–Trinajstić information content (AvgIpc) is 2.42.